The van der Waals surface area contributed by atoms with Crippen molar-refractivity contribution < 1.29 is 4.74 Å². The molecule has 0 spiro atoms. The van der Waals surface area contributed by atoms with Gasteiger partial charge in [-0.05, 0) is 29.8 Å². The van der Waals surface area contributed by atoms with E-state index in [1.165, 1.54) is 0 Å². The molecule has 4 rings (SSSR count). The lowest BCUT2D eigenvalue weighted by atomic mass is 9.83. The average Bonchev–Trinajstić information content (AvgIpc) is 2.60. The molecule has 0 aliphatic carbocycles. The van der Waals surface area contributed by atoms with Crippen LogP contribution in [0.4, 0.5) is 0 Å². The molecule has 5 nitrogen and oxygen atoms in total. The van der Waals surface area contributed by atoms with E-state index in [1.54, 1.807) is 6.07 Å². The Morgan fingerprint density at radius 1 is 1.20 bits per heavy atom. The maximum absolute atomic E-state index is 12.8. The first-order valence-electron chi connectivity index (χ1n) is 7.58. The highest BCUT2D eigenvalue weighted by molar-refractivity contribution is 9.10. The van der Waals surface area contributed by atoms with Crippen LogP contribution in [0.25, 0.3) is 10.9 Å². The molecule has 1 aromatic heterocycles. The molecule has 3 N–H and O–H groups in total. The Hall–Kier alpha value is -3.04. The minimum absolute atomic E-state index is 0.0238. The number of nitrogens with one attached hydrogen (secondary N) is 1. The van der Waals surface area contributed by atoms with E-state index < -0.39 is 5.92 Å². The van der Waals surface area contributed by atoms with Crippen molar-refractivity contribution in [2.24, 2.45) is 5.73 Å². The summed E-state index contributed by atoms with van der Waals surface area (Å²) in [6.07, 6.45) is 0. The van der Waals surface area contributed by atoms with Crippen molar-refractivity contribution in [3.63, 3.8) is 0 Å². The lowest BCUT2D eigenvalue weighted by molar-refractivity contribution is 0.397. The van der Waals surface area contributed by atoms with Gasteiger partial charge in [-0.1, -0.05) is 40.2 Å². The van der Waals surface area contributed by atoms with Crippen LogP contribution >= 0.6 is 15.9 Å². The maximum Gasteiger partial charge on any atom is 0.256 e. The Morgan fingerprint density at radius 3 is 2.76 bits per heavy atom. The summed E-state index contributed by atoms with van der Waals surface area (Å²) in [6.45, 7) is 0. The van der Waals surface area contributed by atoms with Gasteiger partial charge in [-0.15, -0.1) is 0 Å². The third-order valence-corrected chi connectivity index (χ3v) is 4.76. The molecule has 1 aliphatic heterocycles. The summed E-state index contributed by atoms with van der Waals surface area (Å²) in [7, 11) is 0. The van der Waals surface area contributed by atoms with Crippen LogP contribution in [0.2, 0.25) is 0 Å². The topological polar surface area (TPSA) is 91.9 Å². The number of benzene rings is 2. The van der Waals surface area contributed by atoms with Crippen LogP contribution in [0.3, 0.4) is 0 Å². The Balaban J connectivity index is 2.10. The molecular weight excluding hydrogens is 382 g/mol. The van der Waals surface area contributed by atoms with Crippen LogP contribution in [-0.4, -0.2) is 4.98 Å². The molecule has 2 heterocycles. The zero-order valence-corrected chi connectivity index (χ0v) is 14.5. The number of pyridine rings is 1. The Kier molecular flexibility index (Phi) is 3.59. The van der Waals surface area contributed by atoms with Gasteiger partial charge < -0.3 is 15.5 Å². The summed E-state index contributed by atoms with van der Waals surface area (Å²) in [5.74, 6) is -0.156. The van der Waals surface area contributed by atoms with Gasteiger partial charge in [0.15, 0.2) is 0 Å². The Morgan fingerprint density at radius 2 is 2.00 bits per heavy atom. The van der Waals surface area contributed by atoms with Crippen molar-refractivity contribution in [2.75, 3.05) is 0 Å². The van der Waals surface area contributed by atoms with Crippen LogP contribution in [0.15, 0.2) is 69.3 Å². The molecule has 0 saturated heterocycles. The van der Waals surface area contributed by atoms with Crippen LogP contribution in [0, 0.1) is 11.3 Å². The number of ether oxygens (including phenoxy) is 1. The molecule has 6 heteroatoms. The number of aromatic nitrogens is 1. The van der Waals surface area contributed by atoms with E-state index in [2.05, 4.69) is 27.0 Å². The second-order valence-corrected chi connectivity index (χ2v) is 6.64. The predicted molar refractivity (Wildman–Crippen MR) is 98.0 cm³/mol. The molecule has 0 fully saturated rings. The second kappa shape index (κ2) is 5.80. The second-order valence-electron chi connectivity index (χ2n) is 5.72. The lowest BCUT2D eigenvalue weighted by Crippen LogP contribution is -2.27. The fourth-order valence-corrected chi connectivity index (χ4v) is 3.61. The van der Waals surface area contributed by atoms with Crippen molar-refractivity contribution in [3.05, 3.63) is 85.9 Å². The van der Waals surface area contributed by atoms with Crippen molar-refractivity contribution in [3.8, 4) is 11.8 Å². The molecule has 2 aromatic carbocycles. The van der Waals surface area contributed by atoms with E-state index >= 15 is 0 Å². The van der Waals surface area contributed by atoms with Gasteiger partial charge in [0.25, 0.3) is 5.56 Å². The molecule has 1 unspecified atom stereocenters. The van der Waals surface area contributed by atoms with Crippen LogP contribution < -0.4 is 16.0 Å². The number of para-hydroxylation sites is 1. The van der Waals surface area contributed by atoms with Crippen molar-refractivity contribution in [2.45, 2.75) is 5.92 Å². The number of nitrogens with zero attached hydrogens (tertiary/aromatic N) is 1. The summed E-state index contributed by atoms with van der Waals surface area (Å²) in [5, 5.41) is 10.3. The minimum Gasteiger partial charge on any atom is -0.439 e. The zero-order chi connectivity index (χ0) is 17.6. The fourth-order valence-electron chi connectivity index (χ4n) is 3.19. The van der Waals surface area contributed by atoms with Gasteiger partial charge in [-0.3, -0.25) is 4.79 Å². The fraction of sp³-hybridized carbons (Fsp3) is 0.0526. The summed E-state index contributed by atoms with van der Waals surface area (Å²) in [5.41, 5.74) is 7.80. The predicted octanol–water partition coefficient (Wildman–Crippen LogP) is 3.51. The van der Waals surface area contributed by atoms with E-state index in [9.17, 15) is 10.1 Å². The number of hydrogen-bond donors (Lipinski definition) is 2. The van der Waals surface area contributed by atoms with Gasteiger partial charge >= 0.3 is 0 Å². The largest absolute Gasteiger partial charge is 0.439 e. The molecule has 3 aromatic rings. The smallest absolute Gasteiger partial charge is 0.256 e. The Bertz CT molecular complexity index is 1140. The standard InChI is InChI=1S/C19H12BrN3O2/c20-11-5-3-4-10(8-11)15-13(9-21)18(22)25-17-12-6-1-2-7-14(12)23-19(24)16(15)17/h1-8,15H,22H2,(H,23,24). The summed E-state index contributed by atoms with van der Waals surface area (Å²) in [4.78, 5) is 15.7. The first kappa shape index (κ1) is 15.5. The molecule has 0 amide bonds. The summed E-state index contributed by atoms with van der Waals surface area (Å²) in [6, 6.07) is 16.9. The van der Waals surface area contributed by atoms with Crippen molar-refractivity contribution in [1.29, 1.82) is 5.26 Å². The quantitative estimate of drug-likeness (QED) is 0.661. The molecular formula is C19H12BrN3O2. The van der Waals surface area contributed by atoms with Gasteiger partial charge in [-0.2, -0.15) is 5.26 Å². The SMILES string of the molecule is N#CC1=C(N)Oc2c(c(=O)[nH]c3ccccc23)C1c1cccc(Br)c1. The highest BCUT2D eigenvalue weighted by atomic mass is 79.9. The van der Waals surface area contributed by atoms with Gasteiger partial charge in [-0.25, -0.2) is 0 Å². The van der Waals surface area contributed by atoms with Gasteiger partial charge in [0, 0.05) is 9.86 Å². The maximum atomic E-state index is 12.8. The third kappa shape index (κ3) is 2.41. The van der Waals surface area contributed by atoms with Crippen molar-refractivity contribution >= 4 is 26.8 Å². The average molecular weight is 394 g/mol. The molecule has 1 atom stereocenters. The van der Waals surface area contributed by atoms with Crippen molar-refractivity contribution in [1.82, 2.24) is 4.98 Å². The van der Waals surface area contributed by atoms with Crippen LogP contribution in [0.5, 0.6) is 5.75 Å². The monoisotopic (exact) mass is 393 g/mol. The Labute approximate surface area is 151 Å². The number of allylic oxidation sites excluding steroid dienone is 1. The number of hydrogen-bond acceptors (Lipinski definition) is 4. The number of halogens is 1. The first-order valence-corrected chi connectivity index (χ1v) is 8.37. The van der Waals surface area contributed by atoms with E-state index in [0.717, 1.165) is 15.4 Å². The molecule has 25 heavy (non-hydrogen) atoms. The number of rotatable bonds is 1. The van der Waals surface area contributed by atoms with E-state index in [1.807, 2.05) is 42.5 Å². The van der Waals surface area contributed by atoms with Gasteiger partial charge in [0.1, 0.15) is 17.4 Å². The summed E-state index contributed by atoms with van der Waals surface area (Å²) < 4.78 is 6.57. The number of nitrogens with two attached hydrogens (primary N) is 1. The van der Waals surface area contributed by atoms with E-state index in [-0.39, 0.29) is 17.0 Å². The lowest BCUT2D eigenvalue weighted by Gasteiger charge is -2.26. The normalized spacial score (nSPS) is 16.2. The molecule has 1 aliphatic rings. The highest BCUT2D eigenvalue weighted by Crippen LogP contribution is 2.43. The third-order valence-electron chi connectivity index (χ3n) is 4.27. The molecule has 0 saturated carbocycles. The number of aromatic amines is 1. The van der Waals surface area contributed by atoms with Crippen LogP contribution in [-0.2, 0) is 0 Å². The molecule has 0 radical (unpaired) electrons. The van der Waals surface area contributed by atoms with Crippen LogP contribution in [0.1, 0.15) is 17.0 Å². The molecule has 122 valence electrons. The van der Waals surface area contributed by atoms with E-state index in [4.69, 9.17) is 10.5 Å². The van der Waals surface area contributed by atoms with E-state index in [0.29, 0.717) is 16.8 Å². The number of fused-ring (bicyclic) bond motifs is 3. The molecule has 0 bridgehead atoms. The summed E-state index contributed by atoms with van der Waals surface area (Å²) >= 11 is 3.44. The highest BCUT2D eigenvalue weighted by Gasteiger charge is 2.34. The minimum atomic E-state index is -0.584. The number of H-pyrrole nitrogens is 1. The number of nitriles is 1. The first-order chi connectivity index (χ1) is 12.1. The van der Waals surface area contributed by atoms with Gasteiger partial charge in [0.2, 0.25) is 5.88 Å². The zero-order valence-electron chi connectivity index (χ0n) is 12.9. The van der Waals surface area contributed by atoms with Gasteiger partial charge in [0.05, 0.1) is 17.0 Å².